The van der Waals surface area contributed by atoms with Crippen LogP contribution >= 0.6 is 0 Å². The topological polar surface area (TPSA) is 88.1 Å². The van der Waals surface area contributed by atoms with Crippen molar-refractivity contribution in [1.82, 2.24) is 0 Å². The summed E-state index contributed by atoms with van der Waals surface area (Å²) in [6.45, 7) is 6.71. The lowest BCUT2D eigenvalue weighted by atomic mass is 10.1. The maximum absolute atomic E-state index is 13.4. The summed E-state index contributed by atoms with van der Waals surface area (Å²) in [7, 11) is 1.20. The maximum Gasteiger partial charge on any atom is 0.347 e. The second kappa shape index (κ2) is 15.8. The Morgan fingerprint density at radius 1 is 0.756 bits per heavy atom. The highest BCUT2D eigenvalue weighted by Crippen LogP contribution is 2.34. The molecule has 0 amide bonds. The summed E-state index contributed by atoms with van der Waals surface area (Å²) in [5, 5.41) is 0. The third kappa shape index (κ3) is 9.80. The molecule has 0 aliphatic carbocycles. The fourth-order valence-corrected chi connectivity index (χ4v) is 3.87. The number of hydrogen-bond donors (Lipinski definition) is 0. The first-order valence-electron chi connectivity index (χ1n) is 13.4. The van der Waals surface area contributed by atoms with Crippen molar-refractivity contribution in [2.45, 2.75) is 46.6 Å². The van der Waals surface area contributed by atoms with Gasteiger partial charge in [0.2, 0.25) is 0 Å². The van der Waals surface area contributed by atoms with Crippen LogP contribution in [0.1, 0.15) is 66.3 Å². The second-order valence-electron chi connectivity index (χ2n) is 9.65. The van der Waals surface area contributed by atoms with Crippen LogP contribution in [-0.4, -0.2) is 31.4 Å². The van der Waals surface area contributed by atoms with Crippen LogP contribution in [0, 0.1) is 0 Å². The highest BCUT2D eigenvalue weighted by molar-refractivity contribution is 6.08. The van der Waals surface area contributed by atoms with E-state index in [4.69, 9.17) is 14.2 Å². The molecular formula is C34H36O7. The van der Waals surface area contributed by atoms with E-state index in [9.17, 15) is 14.4 Å². The minimum Gasteiger partial charge on any atom is -0.486 e. The van der Waals surface area contributed by atoms with Gasteiger partial charge in [-0.15, -0.1) is 0 Å². The standard InChI is InChI=1S/C34H36O7/c1-24(2)12-10-13-25(3)20-21-39-31-19-11-17-28(33(31)40-23-26-14-6-5-7-15-26)34(37)41-30-18-9-8-16-27(30)29(35)22-32(36)38-4/h5-9,11-12,14-20H,10,13,21-23H2,1-4H3/b25-20+. The smallest absolute Gasteiger partial charge is 0.347 e. The van der Waals surface area contributed by atoms with Crippen molar-refractivity contribution >= 4 is 17.7 Å². The largest absolute Gasteiger partial charge is 0.486 e. The van der Waals surface area contributed by atoms with E-state index in [1.54, 1.807) is 30.3 Å². The zero-order valence-electron chi connectivity index (χ0n) is 24.0. The number of rotatable bonds is 14. The lowest BCUT2D eigenvalue weighted by Gasteiger charge is -2.16. The Bertz CT molecular complexity index is 1400. The summed E-state index contributed by atoms with van der Waals surface area (Å²) >= 11 is 0. The number of hydrogen-bond acceptors (Lipinski definition) is 7. The molecule has 3 rings (SSSR count). The maximum atomic E-state index is 13.4. The minimum absolute atomic E-state index is 0.0293. The fourth-order valence-electron chi connectivity index (χ4n) is 3.87. The Kier molecular flexibility index (Phi) is 11.9. The number of ether oxygens (including phenoxy) is 4. The van der Waals surface area contributed by atoms with Gasteiger partial charge in [0.25, 0.3) is 0 Å². The molecule has 0 spiro atoms. The number of ketones is 1. The minimum atomic E-state index is -0.731. The highest BCUT2D eigenvalue weighted by Gasteiger charge is 2.23. The third-order valence-electron chi connectivity index (χ3n) is 6.11. The van der Waals surface area contributed by atoms with Crippen LogP contribution in [0.25, 0.3) is 0 Å². The highest BCUT2D eigenvalue weighted by atomic mass is 16.5. The van der Waals surface area contributed by atoms with Gasteiger partial charge in [0.05, 0.1) is 12.7 Å². The zero-order chi connectivity index (χ0) is 29.6. The van der Waals surface area contributed by atoms with E-state index in [0.29, 0.717) is 12.4 Å². The Morgan fingerprint density at radius 3 is 2.17 bits per heavy atom. The van der Waals surface area contributed by atoms with Gasteiger partial charge in [-0.2, -0.15) is 0 Å². The van der Waals surface area contributed by atoms with Crippen LogP contribution in [0.15, 0.2) is 96.1 Å². The lowest BCUT2D eigenvalue weighted by Crippen LogP contribution is -2.15. The number of Topliss-reactive ketones (excluding diaryl/α,β-unsaturated/α-hetero) is 1. The van der Waals surface area contributed by atoms with E-state index in [-0.39, 0.29) is 29.2 Å². The molecule has 0 atom stereocenters. The fraction of sp³-hybridized carbons (Fsp3) is 0.265. The van der Waals surface area contributed by atoms with Crippen LogP contribution in [0.2, 0.25) is 0 Å². The van der Waals surface area contributed by atoms with Crippen molar-refractivity contribution in [3.05, 3.63) is 113 Å². The van der Waals surface area contributed by atoms with Gasteiger partial charge in [0, 0.05) is 0 Å². The van der Waals surface area contributed by atoms with Crippen LogP contribution < -0.4 is 14.2 Å². The van der Waals surface area contributed by atoms with Gasteiger partial charge in [-0.25, -0.2) is 4.79 Å². The van der Waals surface area contributed by atoms with Crippen molar-refractivity contribution in [1.29, 1.82) is 0 Å². The molecule has 0 aromatic heterocycles. The number of para-hydroxylation sites is 2. The molecule has 0 radical (unpaired) electrons. The quantitative estimate of drug-likeness (QED) is 0.0677. The molecule has 0 aliphatic heterocycles. The van der Waals surface area contributed by atoms with Crippen molar-refractivity contribution in [3.63, 3.8) is 0 Å². The second-order valence-corrected chi connectivity index (χ2v) is 9.65. The van der Waals surface area contributed by atoms with Crippen molar-refractivity contribution < 1.29 is 33.3 Å². The van der Waals surface area contributed by atoms with Gasteiger partial charge < -0.3 is 18.9 Å². The van der Waals surface area contributed by atoms with E-state index < -0.39 is 24.1 Å². The van der Waals surface area contributed by atoms with Crippen molar-refractivity contribution in [2.75, 3.05) is 13.7 Å². The van der Waals surface area contributed by atoms with Gasteiger partial charge in [-0.05, 0) is 69.5 Å². The van der Waals surface area contributed by atoms with E-state index in [0.717, 1.165) is 18.4 Å². The number of carbonyl (C=O) groups is 3. The molecule has 0 fully saturated rings. The summed E-state index contributed by atoms with van der Waals surface area (Å²) < 4.78 is 22.4. The zero-order valence-corrected chi connectivity index (χ0v) is 24.0. The molecule has 7 heteroatoms. The Balaban J connectivity index is 1.85. The molecular weight excluding hydrogens is 520 g/mol. The molecule has 0 saturated carbocycles. The van der Waals surface area contributed by atoms with Gasteiger partial charge in [0.15, 0.2) is 17.3 Å². The first-order chi connectivity index (χ1) is 19.8. The van der Waals surface area contributed by atoms with Crippen LogP contribution in [-0.2, 0) is 16.1 Å². The first kappa shape index (κ1) is 30.9. The normalized spacial score (nSPS) is 10.9. The lowest BCUT2D eigenvalue weighted by molar-refractivity contribution is -0.139. The van der Waals surface area contributed by atoms with Crippen LogP contribution in [0.5, 0.6) is 17.2 Å². The van der Waals surface area contributed by atoms with E-state index in [1.807, 2.05) is 36.4 Å². The third-order valence-corrected chi connectivity index (χ3v) is 6.11. The Labute approximate surface area is 241 Å². The number of benzene rings is 3. The number of methoxy groups -OCH3 is 1. The van der Waals surface area contributed by atoms with Crippen LogP contribution in [0.3, 0.4) is 0 Å². The molecule has 0 saturated heterocycles. The monoisotopic (exact) mass is 556 g/mol. The predicted octanol–water partition coefficient (Wildman–Crippen LogP) is 7.30. The summed E-state index contributed by atoms with van der Waals surface area (Å²) in [5.41, 5.74) is 3.62. The van der Waals surface area contributed by atoms with Gasteiger partial charge in [-0.1, -0.05) is 65.8 Å². The molecule has 3 aromatic carbocycles. The van der Waals surface area contributed by atoms with Gasteiger partial charge in [0.1, 0.15) is 30.9 Å². The van der Waals surface area contributed by atoms with E-state index >= 15 is 0 Å². The number of carbonyl (C=O) groups excluding carboxylic acids is 3. The molecule has 0 unspecified atom stereocenters. The number of esters is 2. The molecule has 7 nitrogen and oxygen atoms in total. The molecule has 214 valence electrons. The van der Waals surface area contributed by atoms with E-state index in [2.05, 4.69) is 31.6 Å². The average molecular weight is 557 g/mol. The van der Waals surface area contributed by atoms with E-state index in [1.165, 1.54) is 30.4 Å². The average Bonchev–Trinajstić information content (AvgIpc) is 2.96. The van der Waals surface area contributed by atoms with Gasteiger partial charge >= 0.3 is 11.9 Å². The SMILES string of the molecule is COC(=O)CC(=O)c1ccccc1OC(=O)c1cccc(OC/C=C(\C)CCC=C(C)C)c1OCc1ccccc1. The summed E-state index contributed by atoms with van der Waals surface area (Å²) in [6.07, 6.45) is 5.62. The Hall–Kier alpha value is -4.65. The first-order valence-corrected chi connectivity index (χ1v) is 13.4. The molecule has 0 aliphatic rings. The van der Waals surface area contributed by atoms with Gasteiger partial charge in [-0.3, -0.25) is 9.59 Å². The predicted molar refractivity (Wildman–Crippen MR) is 157 cm³/mol. The summed E-state index contributed by atoms with van der Waals surface area (Å²) in [5.74, 6) is -1.29. The summed E-state index contributed by atoms with van der Waals surface area (Å²) in [6, 6.07) is 20.8. The van der Waals surface area contributed by atoms with Crippen molar-refractivity contribution in [2.24, 2.45) is 0 Å². The molecule has 41 heavy (non-hydrogen) atoms. The molecule has 0 N–H and O–H groups in total. The molecule has 3 aromatic rings. The molecule has 0 bridgehead atoms. The molecule has 0 heterocycles. The number of allylic oxidation sites excluding steroid dienone is 3. The van der Waals surface area contributed by atoms with Crippen molar-refractivity contribution in [3.8, 4) is 17.2 Å². The summed E-state index contributed by atoms with van der Waals surface area (Å²) in [4.78, 5) is 37.7. The Morgan fingerprint density at radius 2 is 1.44 bits per heavy atom. The van der Waals surface area contributed by atoms with Crippen LogP contribution in [0.4, 0.5) is 0 Å².